The third-order valence-corrected chi connectivity index (χ3v) is 6.45. The molecule has 0 bridgehead atoms. The highest BCUT2D eigenvalue weighted by atomic mass is 16.3. The van der Waals surface area contributed by atoms with Gasteiger partial charge in [-0.1, -0.05) is 18.9 Å². The van der Waals surface area contributed by atoms with Gasteiger partial charge in [-0.25, -0.2) is 0 Å². The molecule has 2 saturated carbocycles. The molecule has 5 atom stereocenters. The second-order valence-electron chi connectivity index (χ2n) is 7.22. The highest BCUT2D eigenvalue weighted by molar-refractivity contribution is 5.40. The van der Waals surface area contributed by atoms with E-state index in [1.165, 1.54) is 0 Å². The fraction of sp³-hybridized carbons (Fsp3) is 0.600. The van der Waals surface area contributed by atoms with Crippen molar-refractivity contribution in [3.05, 3.63) is 29.3 Å². The number of rotatable bonds is 0. The minimum absolute atomic E-state index is 0.0231. The Morgan fingerprint density at radius 1 is 1.41 bits per heavy atom. The van der Waals surface area contributed by atoms with Crippen LogP contribution < -0.4 is 0 Å². The van der Waals surface area contributed by atoms with Gasteiger partial charge in [0.2, 0.25) is 0 Å². The molecule has 1 aromatic carbocycles. The van der Waals surface area contributed by atoms with Gasteiger partial charge < -0.3 is 10.2 Å². The minimum atomic E-state index is -1.88. The maximum Gasteiger partial charge on any atom is 0.130 e. The molecule has 1 aromatic rings. The van der Waals surface area contributed by atoms with Crippen molar-refractivity contribution in [1.29, 1.82) is 0 Å². The van der Waals surface area contributed by atoms with Crippen molar-refractivity contribution < 1.29 is 17.1 Å². The lowest BCUT2D eigenvalue weighted by Gasteiger charge is -2.52. The van der Waals surface area contributed by atoms with Gasteiger partial charge in [0.1, 0.15) is 11.4 Å². The standard InChI is InChI=1S/C20H24O2/c1-3-20(22)11-9-18-17-6-4-13-12-14(21)5-7-15(13)16(17)8-10-19(18,20)2/h1,5,7,12,16-18,21-22H,4,6,8-11H2,2H3/t16-,17-,18+,19+,20+/m1/s1/i5D,7D,11D2,12D. The van der Waals surface area contributed by atoms with E-state index in [0.29, 0.717) is 36.8 Å². The van der Waals surface area contributed by atoms with Gasteiger partial charge >= 0.3 is 0 Å². The fourth-order valence-electron chi connectivity index (χ4n) is 5.14. The zero-order valence-electron chi connectivity index (χ0n) is 17.7. The van der Waals surface area contributed by atoms with Crippen LogP contribution in [0.5, 0.6) is 5.75 Å². The molecular formula is C20H24O2. The fourth-order valence-corrected chi connectivity index (χ4v) is 5.14. The zero-order valence-corrected chi connectivity index (χ0v) is 12.7. The van der Waals surface area contributed by atoms with E-state index in [9.17, 15) is 10.2 Å². The number of phenolic OH excluding ortho intramolecular Hbond substituents is 1. The van der Waals surface area contributed by atoms with E-state index in [1.54, 1.807) is 0 Å². The molecule has 0 amide bonds. The molecule has 2 N–H and O–H groups in total. The first-order valence-corrected chi connectivity index (χ1v) is 8.02. The van der Waals surface area contributed by atoms with Gasteiger partial charge in [-0.2, -0.15) is 0 Å². The first kappa shape index (κ1) is 9.63. The number of benzene rings is 1. The van der Waals surface area contributed by atoms with Crippen LogP contribution >= 0.6 is 0 Å². The molecule has 0 aromatic heterocycles. The van der Waals surface area contributed by atoms with Gasteiger partial charge in [0, 0.05) is 8.16 Å². The summed E-state index contributed by atoms with van der Waals surface area (Å²) in [7, 11) is 0. The molecule has 0 aliphatic heterocycles. The SMILES string of the molecule is [2H]c1c([2H])c2c(c([2H])c1O)CC[C@@H]1[C@@H]2CC[C@@]2(C)[C@H]1CC([2H])([2H])[C@@]2(O)C#C. The van der Waals surface area contributed by atoms with E-state index < -0.39 is 23.1 Å². The number of hydrogen-bond donors (Lipinski definition) is 2. The maximum absolute atomic E-state index is 11.1. The van der Waals surface area contributed by atoms with Gasteiger partial charge in [-0.15, -0.1) is 6.42 Å². The lowest BCUT2D eigenvalue weighted by atomic mass is 9.53. The van der Waals surface area contributed by atoms with Crippen molar-refractivity contribution in [2.45, 2.75) is 56.9 Å². The molecule has 116 valence electrons. The Labute approximate surface area is 139 Å². The minimum Gasteiger partial charge on any atom is -0.508 e. The first-order valence-electron chi connectivity index (χ1n) is 10.5. The van der Waals surface area contributed by atoms with Crippen molar-refractivity contribution >= 4 is 0 Å². The summed E-state index contributed by atoms with van der Waals surface area (Å²) in [4.78, 5) is 0. The molecule has 3 aliphatic rings. The summed E-state index contributed by atoms with van der Waals surface area (Å²) in [5.41, 5.74) is -1.25. The Hall–Kier alpha value is -1.46. The smallest absolute Gasteiger partial charge is 0.130 e. The van der Waals surface area contributed by atoms with Crippen molar-refractivity contribution in [1.82, 2.24) is 0 Å². The molecule has 2 fully saturated rings. The van der Waals surface area contributed by atoms with Gasteiger partial charge in [0.05, 0.1) is 4.11 Å². The van der Waals surface area contributed by atoms with E-state index >= 15 is 0 Å². The van der Waals surface area contributed by atoms with E-state index in [2.05, 4.69) is 5.92 Å². The Balaban J connectivity index is 1.84. The Morgan fingerprint density at radius 2 is 2.23 bits per heavy atom. The normalized spacial score (nSPS) is 48.4. The van der Waals surface area contributed by atoms with Gasteiger partial charge in [0.15, 0.2) is 0 Å². The van der Waals surface area contributed by atoms with E-state index in [4.69, 9.17) is 13.3 Å². The van der Waals surface area contributed by atoms with Crippen molar-refractivity contribution in [2.75, 3.05) is 0 Å². The molecule has 2 nitrogen and oxygen atoms in total. The molecule has 3 aliphatic carbocycles. The van der Waals surface area contributed by atoms with Crippen LogP contribution in [0.4, 0.5) is 0 Å². The lowest BCUT2D eigenvalue weighted by Crippen LogP contribution is -2.50. The van der Waals surface area contributed by atoms with Crippen LogP contribution in [-0.4, -0.2) is 15.8 Å². The number of aliphatic hydroxyl groups is 1. The molecule has 22 heavy (non-hydrogen) atoms. The van der Waals surface area contributed by atoms with Crippen molar-refractivity contribution in [2.24, 2.45) is 17.3 Å². The average molecular weight is 301 g/mol. The van der Waals surface area contributed by atoms with Crippen LogP contribution in [0.25, 0.3) is 0 Å². The summed E-state index contributed by atoms with van der Waals surface area (Å²) in [6.07, 6.45) is 6.28. The molecule has 4 rings (SSSR count). The quantitative estimate of drug-likeness (QED) is 0.719. The Morgan fingerprint density at radius 3 is 3.00 bits per heavy atom. The number of fused-ring (bicyclic) bond motifs is 5. The maximum atomic E-state index is 11.1. The second-order valence-corrected chi connectivity index (χ2v) is 7.22. The highest BCUT2D eigenvalue weighted by Gasteiger charge is 2.61. The predicted molar refractivity (Wildman–Crippen MR) is 86.5 cm³/mol. The third-order valence-electron chi connectivity index (χ3n) is 6.45. The van der Waals surface area contributed by atoms with E-state index in [-0.39, 0.29) is 42.3 Å². The van der Waals surface area contributed by atoms with Crippen LogP contribution in [0.1, 0.15) is 62.9 Å². The molecule has 0 saturated heterocycles. The number of terminal acetylenes is 1. The summed E-state index contributed by atoms with van der Waals surface area (Å²) in [5.74, 6) is 1.79. The summed E-state index contributed by atoms with van der Waals surface area (Å²) >= 11 is 0. The second kappa shape index (κ2) is 4.52. The molecule has 0 radical (unpaired) electrons. The van der Waals surface area contributed by atoms with E-state index in [1.807, 2.05) is 6.92 Å². The number of phenols is 1. The van der Waals surface area contributed by atoms with Crippen LogP contribution in [-0.2, 0) is 6.42 Å². The third kappa shape index (κ3) is 1.66. The van der Waals surface area contributed by atoms with E-state index in [0.717, 1.165) is 0 Å². The number of hydrogen-bond acceptors (Lipinski definition) is 2. The van der Waals surface area contributed by atoms with Crippen molar-refractivity contribution in [3.63, 3.8) is 0 Å². The summed E-state index contributed by atoms with van der Waals surface area (Å²) < 4.78 is 41.3. The molecule has 0 heterocycles. The molecule has 2 heteroatoms. The van der Waals surface area contributed by atoms with Crippen LogP contribution in [0.15, 0.2) is 18.1 Å². The highest BCUT2D eigenvalue weighted by Crippen LogP contribution is 2.64. The molecule has 0 spiro atoms. The zero-order chi connectivity index (χ0) is 19.9. The summed E-state index contributed by atoms with van der Waals surface area (Å²) in [5, 5.41) is 21.1. The number of aromatic hydroxyl groups is 1. The van der Waals surface area contributed by atoms with Crippen LogP contribution in [0.3, 0.4) is 0 Å². The summed E-state index contributed by atoms with van der Waals surface area (Å²) in [6.45, 7) is 1.89. The molecule has 0 unspecified atom stereocenters. The van der Waals surface area contributed by atoms with Crippen LogP contribution in [0.2, 0.25) is 0 Å². The van der Waals surface area contributed by atoms with Gasteiger partial charge in [-0.05, 0) is 79.4 Å². The monoisotopic (exact) mass is 301 g/mol. The Bertz CT molecular complexity index is 876. The van der Waals surface area contributed by atoms with Crippen LogP contribution in [0, 0.1) is 29.6 Å². The largest absolute Gasteiger partial charge is 0.508 e. The van der Waals surface area contributed by atoms with Gasteiger partial charge in [0.25, 0.3) is 0 Å². The lowest BCUT2D eigenvalue weighted by molar-refractivity contribution is -0.0646. The van der Waals surface area contributed by atoms with Crippen molar-refractivity contribution in [3.8, 4) is 18.1 Å². The Kier molecular flexibility index (Phi) is 1.98. The average Bonchev–Trinajstić information content (AvgIpc) is 2.80. The summed E-state index contributed by atoms with van der Waals surface area (Å²) in [6, 6.07) is -0.390. The molecular weight excluding hydrogens is 272 g/mol. The predicted octanol–water partition coefficient (Wildman–Crippen LogP) is 3.61. The first-order chi connectivity index (χ1) is 12.5. The van der Waals surface area contributed by atoms with Gasteiger partial charge in [-0.3, -0.25) is 0 Å². The topological polar surface area (TPSA) is 40.5 Å².